The number of unbranched alkanes of at least 4 members (excludes halogenated alkanes) is 2. The quantitative estimate of drug-likeness (QED) is 0.324. The summed E-state index contributed by atoms with van der Waals surface area (Å²) in [6.07, 6.45) is 16.2. The Kier molecular flexibility index (Phi) is 10.2. The summed E-state index contributed by atoms with van der Waals surface area (Å²) in [6.45, 7) is 4.27. The molecule has 0 heterocycles. The van der Waals surface area contributed by atoms with Gasteiger partial charge in [0.2, 0.25) is 0 Å². The molecule has 1 nitrogen and oxygen atoms in total. The maximum absolute atomic E-state index is 5.07. The summed E-state index contributed by atoms with van der Waals surface area (Å²) in [6, 6.07) is 0. The normalized spacial score (nSPS) is 12.2. The maximum Gasteiger partial charge on any atom is 0.0901 e. The summed E-state index contributed by atoms with van der Waals surface area (Å²) < 4.78 is 5.07. The van der Waals surface area contributed by atoms with Gasteiger partial charge >= 0.3 is 0 Å². The summed E-state index contributed by atoms with van der Waals surface area (Å²) in [5.41, 5.74) is 0. The topological polar surface area (TPSA) is 9.23 Å². The first-order valence-corrected chi connectivity index (χ1v) is 5.04. The van der Waals surface area contributed by atoms with Gasteiger partial charge in [-0.1, -0.05) is 38.8 Å². The lowest BCUT2D eigenvalue weighted by Gasteiger charge is -1.87. The zero-order chi connectivity index (χ0) is 9.78. The smallest absolute Gasteiger partial charge is 0.0901 e. The summed E-state index contributed by atoms with van der Waals surface area (Å²) in [5.74, 6) is 0. The van der Waals surface area contributed by atoms with Crippen LogP contribution in [0.5, 0.6) is 0 Å². The van der Waals surface area contributed by atoms with Crippen LogP contribution in [0.1, 0.15) is 39.5 Å². The van der Waals surface area contributed by atoms with E-state index in [4.69, 9.17) is 4.74 Å². The van der Waals surface area contributed by atoms with Crippen LogP contribution in [0, 0.1) is 0 Å². The van der Waals surface area contributed by atoms with Crippen LogP contribution in [-0.2, 0) is 4.74 Å². The second-order valence-corrected chi connectivity index (χ2v) is 2.82. The highest BCUT2D eigenvalue weighted by Crippen LogP contribution is 1.95. The monoisotopic (exact) mass is 180 g/mol. The van der Waals surface area contributed by atoms with Crippen LogP contribution in [0.2, 0.25) is 0 Å². The largest absolute Gasteiger partial charge is 0.473 e. The van der Waals surface area contributed by atoms with Crippen LogP contribution in [0.4, 0.5) is 0 Å². The van der Waals surface area contributed by atoms with Crippen LogP contribution in [-0.4, -0.2) is 0 Å². The molecule has 0 atom stereocenters. The van der Waals surface area contributed by atoms with E-state index in [0.29, 0.717) is 0 Å². The highest BCUT2D eigenvalue weighted by Gasteiger charge is 1.75. The zero-order valence-corrected chi connectivity index (χ0v) is 8.70. The molecule has 0 amide bonds. The van der Waals surface area contributed by atoms with E-state index in [1.807, 2.05) is 18.2 Å². The molecule has 0 fully saturated rings. The minimum absolute atomic E-state index is 1.01. The molecule has 0 aliphatic rings. The van der Waals surface area contributed by atoms with Gasteiger partial charge in [0.05, 0.1) is 12.5 Å². The molecule has 13 heavy (non-hydrogen) atoms. The van der Waals surface area contributed by atoms with Gasteiger partial charge in [0.25, 0.3) is 0 Å². The Balaban J connectivity index is 3.29. The van der Waals surface area contributed by atoms with Crippen molar-refractivity contribution in [1.82, 2.24) is 0 Å². The van der Waals surface area contributed by atoms with Crippen molar-refractivity contribution in [1.29, 1.82) is 0 Å². The van der Waals surface area contributed by atoms with Crippen molar-refractivity contribution < 1.29 is 4.74 Å². The van der Waals surface area contributed by atoms with Crippen molar-refractivity contribution in [3.8, 4) is 0 Å². The summed E-state index contributed by atoms with van der Waals surface area (Å²) in [4.78, 5) is 0. The maximum atomic E-state index is 5.07. The molecule has 0 radical (unpaired) electrons. The van der Waals surface area contributed by atoms with E-state index in [2.05, 4.69) is 19.9 Å². The molecule has 0 saturated carbocycles. The molecule has 1 heteroatoms. The van der Waals surface area contributed by atoms with Crippen molar-refractivity contribution >= 4 is 0 Å². The molecule has 74 valence electrons. The zero-order valence-electron chi connectivity index (χ0n) is 8.70. The van der Waals surface area contributed by atoms with Gasteiger partial charge < -0.3 is 4.74 Å². The fourth-order valence-electron chi connectivity index (χ4n) is 0.785. The molecule has 0 aliphatic carbocycles. The molecule has 0 aromatic heterocycles. The van der Waals surface area contributed by atoms with Gasteiger partial charge in [0.1, 0.15) is 0 Å². The molecule has 0 aliphatic heterocycles. The number of allylic oxidation sites excluding steroid dienone is 4. The standard InChI is InChI=1S/C12H20O/c1-3-5-7-8-9-10-12-13-11-6-4-2/h6,8-12H,3-5,7H2,1-2H3. The van der Waals surface area contributed by atoms with E-state index in [-0.39, 0.29) is 0 Å². The first-order valence-electron chi connectivity index (χ1n) is 5.04. The predicted molar refractivity (Wildman–Crippen MR) is 58.3 cm³/mol. The predicted octanol–water partition coefficient (Wildman–Crippen LogP) is 4.19. The van der Waals surface area contributed by atoms with Gasteiger partial charge in [-0.15, -0.1) is 0 Å². The molecule has 0 aromatic rings. The van der Waals surface area contributed by atoms with Crippen LogP contribution < -0.4 is 0 Å². The van der Waals surface area contributed by atoms with Gasteiger partial charge in [-0.05, 0) is 25.0 Å². The van der Waals surface area contributed by atoms with Gasteiger partial charge in [0, 0.05) is 0 Å². The van der Waals surface area contributed by atoms with Crippen molar-refractivity contribution in [2.24, 2.45) is 0 Å². The first kappa shape index (κ1) is 12.0. The number of hydrogen-bond donors (Lipinski definition) is 0. The molecule has 0 rings (SSSR count). The average molecular weight is 180 g/mol. The van der Waals surface area contributed by atoms with E-state index < -0.39 is 0 Å². The van der Waals surface area contributed by atoms with Gasteiger partial charge in [-0.25, -0.2) is 0 Å². The van der Waals surface area contributed by atoms with E-state index >= 15 is 0 Å². The minimum Gasteiger partial charge on any atom is -0.473 e. The average Bonchev–Trinajstić information content (AvgIpc) is 2.16. The Labute approximate surface area is 81.8 Å². The SMILES string of the molecule is CCC=COC=CC=CCCCC. The molecule has 0 N–H and O–H groups in total. The molecule has 0 spiro atoms. The second-order valence-electron chi connectivity index (χ2n) is 2.82. The fourth-order valence-corrected chi connectivity index (χ4v) is 0.785. The second kappa shape index (κ2) is 11.0. The van der Waals surface area contributed by atoms with E-state index in [1.54, 1.807) is 12.5 Å². The third kappa shape index (κ3) is 11.0. The van der Waals surface area contributed by atoms with Crippen molar-refractivity contribution in [2.75, 3.05) is 0 Å². The minimum atomic E-state index is 1.01. The Morgan fingerprint density at radius 1 is 1.00 bits per heavy atom. The number of ether oxygens (including phenoxy) is 1. The molecule has 0 bridgehead atoms. The Bertz CT molecular complexity index is 166. The summed E-state index contributed by atoms with van der Waals surface area (Å²) in [5, 5.41) is 0. The lowest BCUT2D eigenvalue weighted by atomic mass is 10.2. The fraction of sp³-hybridized carbons (Fsp3) is 0.500. The number of hydrogen-bond acceptors (Lipinski definition) is 1. The summed E-state index contributed by atoms with van der Waals surface area (Å²) in [7, 11) is 0. The van der Waals surface area contributed by atoms with Crippen LogP contribution in [0.15, 0.2) is 36.8 Å². The van der Waals surface area contributed by atoms with Gasteiger partial charge in [-0.3, -0.25) is 0 Å². The van der Waals surface area contributed by atoms with Crippen LogP contribution in [0.3, 0.4) is 0 Å². The van der Waals surface area contributed by atoms with Crippen molar-refractivity contribution in [3.05, 3.63) is 36.8 Å². The highest BCUT2D eigenvalue weighted by atomic mass is 16.5. The van der Waals surface area contributed by atoms with Gasteiger partial charge in [-0.2, -0.15) is 0 Å². The third-order valence-corrected chi connectivity index (χ3v) is 1.54. The van der Waals surface area contributed by atoms with Crippen molar-refractivity contribution in [2.45, 2.75) is 39.5 Å². The van der Waals surface area contributed by atoms with E-state index in [9.17, 15) is 0 Å². The van der Waals surface area contributed by atoms with E-state index in [0.717, 1.165) is 12.8 Å². The molecule has 0 saturated heterocycles. The third-order valence-electron chi connectivity index (χ3n) is 1.54. The van der Waals surface area contributed by atoms with Crippen LogP contribution >= 0.6 is 0 Å². The van der Waals surface area contributed by atoms with Crippen LogP contribution in [0.25, 0.3) is 0 Å². The summed E-state index contributed by atoms with van der Waals surface area (Å²) >= 11 is 0. The van der Waals surface area contributed by atoms with Crippen molar-refractivity contribution in [3.63, 3.8) is 0 Å². The lowest BCUT2D eigenvalue weighted by molar-refractivity contribution is 0.401. The Hall–Kier alpha value is -0.980. The van der Waals surface area contributed by atoms with Gasteiger partial charge in [0.15, 0.2) is 0 Å². The molecule has 0 aromatic carbocycles. The highest BCUT2D eigenvalue weighted by molar-refractivity contribution is 5.00. The Morgan fingerprint density at radius 2 is 1.85 bits per heavy atom. The molecular weight excluding hydrogens is 160 g/mol. The lowest BCUT2D eigenvalue weighted by Crippen LogP contribution is -1.66. The number of rotatable bonds is 7. The molecule has 0 unspecified atom stereocenters. The Morgan fingerprint density at radius 3 is 2.54 bits per heavy atom. The van der Waals surface area contributed by atoms with E-state index in [1.165, 1.54) is 12.8 Å². The molecular formula is C12H20O. The first-order chi connectivity index (χ1) is 6.41.